The summed E-state index contributed by atoms with van der Waals surface area (Å²) in [4.78, 5) is 16.4. The Morgan fingerprint density at radius 2 is 1.79 bits per heavy atom. The minimum absolute atomic E-state index is 0.0993. The maximum atomic E-state index is 12.4. The van der Waals surface area contributed by atoms with Gasteiger partial charge < -0.3 is 4.42 Å². The van der Waals surface area contributed by atoms with Crippen LogP contribution in [0.1, 0.15) is 5.56 Å². The molecule has 0 aliphatic rings. The molecule has 29 heavy (non-hydrogen) atoms. The van der Waals surface area contributed by atoms with Crippen molar-refractivity contribution in [2.24, 2.45) is 0 Å². The summed E-state index contributed by atoms with van der Waals surface area (Å²) in [5.41, 5.74) is 2.59. The first-order chi connectivity index (χ1) is 14.3. The molecule has 7 nitrogen and oxygen atoms in total. The fourth-order valence-electron chi connectivity index (χ4n) is 2.86. The highest BCUT2D eigenvalue weighted by Crippen LogP contribution is 2.41. The highest BCUT2D eigenvalue weighted by Gasteiger charge is 2.24. The lowest BCUT2D eigenvalue weighted by molar-refractivity contribution is -0.113. The van der Waals surface area contributed by atoms with E-state index in [1.54, 1.807) is 0 Å². The predicted molar refractivity (Wildman–Crippen MR) is 110 cm³/mol. The second-order valence-electron chi connectivity index (χ2n) is 5.98. The predicted octanol–water partition coefficient (Wildman–Crippen LogP) is 4.33. The van der Waals surface area contributed by atoms with Gasteiger partial charge in [0.1, 0.15) is 23.7 Å². The number of nitriles is 1. The molecule has 2 heterocycles. The SMILES string of the molecule is N#Cc1c(NC(=O)CSc2ncn[nH]2)oc(-c2ccccc2)c1-c1ccccc1. The van der Waals surface area contributed by atoms with Crippen molar-refractivity contribution < 1.29 is 9.21 Å². The Morgan fingerprint density at radius 3 is 2.41 bits per heavy atom. The molecule has 0 unspecified atom stereocenters. The summed E-state index contributed by atoms with van der Waals surface area (Å²) in [6.45, 7) is 0. The first-order valence-corrected chi connectivity index (χ1v) is 9.70. The van der Waals surface area contributed by atoms with E-state index in [0.717, 1.165) is 11.1 Å². The molecule has 0 aliphatic carbocycles. The van der Waals surface area contributed by atoms with Gasteiger partial charge in [-0.05, 0) is 5.56 Å². The summed E-state index contributed by atoms with van der Waals surface area (Å²) >= 11 is 1.21. The van der Waals surface area contributed by atoms with E-state index in [9.17, 15) is 10.1 Å². The molecular formula is C21H15N5O2S. The Bertz CT molecular complexity index is 1150. The number of amides is 1. The summed E-state index contributed by atoms with van der Waals surface area (Å²) in [5, 5.41) is 19.5. The Balaban J connectivity index is 1.70. The van der Waals surface area contributed by atoms with E-state index in [4.69, 9.17) is 4.42 Å². The van der Waals surface area contributed by atoms with Crippen LogP contribution < -0.4 is 5.32 Å². The Morgan fingerprint density at radius 1 is 1.10 bits per heavy atom. The van der Waals surface area contributed by atoms with Crippen LogP contribution in [0.2, 0.25) is 0 Å². The number of nitrogens with zero attached hydrogens (tertiary/aromatic N) is 3. The van der Waals surface area contributed by atoms with E-state index in [0.29, 0.717) is 16.5 Å². The lowest BCUT2D eigenvalue weighted by Crippen LogP contribution is -2.14. The van der Waals surface area contributed by atoms with Gasteiger partial charge in [-0.3, -0.25) is 15.2 Å². The molecule has 142 valence electrons. The number of benzene rings is 2. The smallest absolute Gasteiger partial charge is 0.237 e. The molecule has 0 saturated carbocycles. The molecule has 0 radical (unpaired) electrons. The molecule has 8 heteroatoms. The van der Waals surface area contributed by atoms with Gasteiger partial charge in [0.25, 0.3) is 0 Å². The van der Waals surface area contributed by atoms with Crippen LogP contribution in [0.15, 0.2) is 76.6 Å². The van der Waals surface area contributed by atoms with Crippen LogP contribution in [-0.2, 0) is 4.79 Å². The minimum atomic E-state index is -0.309. The summed E-state index contributed by atoms with van der Waals surface area (Å²) in [6.07, 6.45) is 1.37. The fraction of sp³-hybridized carbons (Fsp3) is 0.0476. The van der Waals surface area contributed by atoms with Gasteiger partial charge in [-0.1, -0.05) is 72.4 Å². The number of hydrogen-bond acceptors (Lipinski definition) is 6. The molecule has 0 fully saturated rings. The van der Waals surface area contributed by atoms with Gasteiger partial charge in [0.2, 0.25) is 11.8 Å². The Labute approximate surface area is 170 Å². The van der Waals surface area contributed by atoms with Gasteiger partial charge in [0.15, 0.2) is 5.16 Å². The van der Waals surface area contributed by atoms with Crippen molar-refractivity contribution in [3.8, 4) is 28.5 Å². The second kappa shape index (κ2) is 8.46. The quantitative estimate of drug-likeness (QED) is 0.466. The van der Waals surface area contributed by atoms with Crippen molar-refractivity contribution in [2.45, 2.75) is 5.16 Å². The molecule has 2 aromatic carbocycles. The molecule has 2 N–H and O–H groups in total. The number of aromatic amines is 1. The minimum Gasteiger partial charge on any atom is -0.438 e. The number of carbonyl (C=O) groups is 1. The number of furan rings is 1. The molecule has 1 amide bonds. The number of hydrogen-bond donors (Lipinski definition) is 2. The highest BCUT2D eigenvalue weighted by atomic mass is 32.2. The zero-order valence-corrected chi connectivity index (χ0v) is 15.9. The van der Waals surface area contributed by atoms with Crippen LogP contribution in [-0.4, -0.2) is 26.8 Å². The second-order valence-corrected chi connectivity index (χ2v) is 6.95. The van der Waals surface area contributed by atoms with Crippen molar-refractivity contribution in [2.75, 3.05) is 11.1 Å². The average molecular weight is 401 g/mol. The van der Waals surface area contributed by atoms with Crippen molar-refractivity contribution in [1.29, 1.82) is 5.26 Å². The highest BCUT2D eigenvalue weighted by molar-refractivity contribution is 7.99. The van der Waals surface area contributed by atoms with E-state index in [2.05, 4.69) is 26.6 Å². The lowest BCUT2D eigenvalue weighted by Gasteiger charge is -2.03. The van der Waals surface area contributed by atoms with Gasteiger partial charge >= 0.3 is 0 Å². The number of H-pyrrole nitrogens is 1. The standard InChI is InChI=1S/C21H15N5O2S/c22-11-16-18(14-7-3-1-4-8-14)19(15-9-5-2-6-10-15)28-20(16)25-17(27)12-29-21-23-13-24-26-21/h1-10,13H,12H2,(H,25,27)(H,23,24,26). The molecule has 0 bridgehead atoms. The van der Waals surface area contributed by atoms with Gasteiger partial charge in [0.05, 0.1) is 5.75 Å². The molecular weight excluding hydrogens is 386 g/mol. The normalized spacial score (nSPS) is 10.4. The van der Waals surface area contributed by atoms with Crippen LogP contribution in [0.4, 0.5) is 5.88 Å². The van der Waals surface area contributed by atoms with E-state index in [1.165, 1.54) is 18.1 Å². The number of carbonyl (C=O) groups excluding carboxylic acids is 1. The summed E-state index contributed by atoms with van der Waals surface area (Å²) in [7, 11) is 0. The van der Waals surface area contributed by atoms with Gasteiger partial charge in [0, 0.05) is 11.1 Å². The van der Waals surface area contributed by atoms with E-state index < -0.39 is 0 Å². The molecule has 4 rings (SSSR count). The molecule has 4 aromatic rings. The molecule has 0 spiro atoms. The summed E-state index contributed by atoms with van der Waals surface area (Å²) < 4.78 is 5.99. The largest absolute Gasteiger partial charge is 0.438 e. The zero-order chi connectivity index (χ0) is 20.1. The first-order valence-electron chi connectivity index (χ1n) is 8.72. The van der Waals surface area contributed by atoms with Crippen molar-refractivity contribution in [1.82, 2.24) is 15.2 Å². The number of anilines is 1. The number of rotatable bonds is 6. The molecule has 2 aromatic heterocycles. The van der Waals surface area contributed by atoms with E-state index >= 15 is 0 Å². The number of aromatic nitrogens is 3. The topological polar surface area (TPSA) is 108 Å². The third kappa shape index (κ3) is 4.05. The average Bonchev–Trinajstić information content (AvgIpc) is 3.41. The monoisotopic (exact) mass is 401 g/mol. The fourth-order valence-corrected chi connectivity index (χ4v) is 3.44. The van der Waals surface area contributed by atoms with Crippen LogP contribution in [0.25, 0.3) is 22.5 Å². The summed E-state index contributed by atoms with van der Waals surface area (Å²) in [5.74, 6) is 0.457. The lowest BCUT2D eigenvalue weighted by atomic mass is 9.98. The van der Waals surface area contributed by atoms with Crippen molar-refractivity contribution >= 4 is 23.6 Å². The first kappa shape index (κ1) is 18.5. The number of nitrogens with one attached hydrogen (secondary N) is 2. The summed E-state index contributed by atoms with van der Waals surface area (Å²) in [6, 6.07) is 21.2. The van der Waals surface area contributed by atoms with Crippen molar-refractivity contribution in [3.05, 3.63) is 72.6 Å². The van der Waals surface area contributed by atoms with Crippen LogP contribution >= 0.6 is 11.8 Å². The third-order valence-corrected chi connectivity index (χ3v) is 4.98. The van der Waals surface area contributed by atoms with Crippen LogP contribution in [0, 0.1) is 11.3 Å². The molecule has 0 saturated heterocycles. The van der Waals surface area contributed by atoms with Crippen molar-refractivity contribution in [3.63, 3.8) is 0 Å². The van der Waals surface area contributed by atoms with Crippen LogP contribution in [0.5, 0.6) is 0 Å². The van der Waals surface area contributed by atoms with Gasteiger partial charge in [-0.15, -0.1) is 0 Å². The Kier molecular flexibility index (Phi) is 5.40. The van der Waals surface area contributed by atoms with Gasteiger partial charge in [-0.2, -0.15) is 10.4 Å². The maximum absolute atomic E-state index is 12.4. The molecule has 0 atom stereocenters. The third-order valence-electron chi connectivity index (χ3n) is 4.10. The molecule has 0 aliphatic heterocycles. The zero-order valence-electron chi connectivity index (χ0n) is 15.1. The maximum Gasteiger partial charge on any atom is 0.237 e. The van der Waals surface area contributed by atoms with Crippen LogP contribution in [0.3, 0.4) is 0 Å². The Hall–Kier alpha value is -3.83. The van der Waals surface area contributed by atoms with E-state index in [-0.39, 0.29) is 23.1 Å². The van der Waals surface area contributed by atoms with E-state index in [1.807, 2.05) is 60.7 Å². The van der Waals surface area contributed by atoms with Gasteiger partial charge in [-0.25, -0.2) is 4.98 Å². The number of thioether (sulfide) groups is 1.